The molecule has 11 heavy (non-hydrogen) atoms. The highest BCUT2D eigenvalue weighted by Crippen LogP contribution is 2.40. The SMILES string of the molecule is CC(C)(C)[CH]C1(F)CCCC1. The minimum Gasteiger partial charge on any atom is -0.244 e. The molecule has 0 amide bonds. The second-order valence-electron chi connectivity index (χ2n) is 4.75. The van der Waals surface area contributed by atoms with Gasteiger partial charge in [-0.05, 0) is 18.3 Å². The zero-order chi connectivity index (χ0) is 8.54. The van der Waals surface area contributed by atoms with Gasteiger partial charge in [-0.25, -0.2) is 4.39 Å². The van der Waals surface area contributed by atoms with E-state index in [0.29, 0.717) is 0 Å². The lowest BCUT2D eigenvalue weighted by Crippen LogP contribution is -2.26. The standard InChI is InChI=1S/C10H18F/c1-9(2,3)8-10(11)6-4-5-7-10/h8H,4-7H2,1-3H3. The first-order chi connectivity index (χ1) is 4.91. The van der Waals surface area contributed by atoms with E-state index in [9.17, 15) is 4.39 Å². The van der Waals surface area contributed by atoms with Gasteiger partial charge in [-0.2, -0.15) is 0 Å². The van der Waals surface area contributed by atoms with Crippen LogP contribution in [0.15, 0.2) is 0 Å². The van der Waals surface area contributed by atoms with Gasteiger partial charge in [-0.3, -0.25) is 0 Å². The van der Waals surface area contributed by atoms with Crippen LogP contribution in [-0.2, 0) is 0 Å². The average molecular weight is 157 g/mol. The van der Waals surface area contributed by atoms with E-state index < -0.39 is 5.67 Å². The molecule has 1 rings (SSSR count). The summed E-state index contributed by atoms with van der Waals surface area (Å²) in [6, 6.07) is 0. The summed E-state index contributed by atoms with van der Waals surface area (Å²) in [5, 5.41) is 0. The largest absolute Gasteiger partial charge is 0.244 e. The van der Waals surface area contributed by atoms with Crippen molar-refractivity contribution in [3.63, 3.8) is 0 Å². The van der Waals surface area contributed by atoms with Gasteiger partial charge in [0, 0.05) is 6.42 Å². The van der Waals surface area contributed by atoms with Gasteiger partial charge >= 0.3 is 0 Å². The maximum absolute atomic E-state index is 13.8. The molecule has 0 heterocycles. The third-order valence-electron chi connectivity index (χ3n) is 2.13. The Hall–Kier alpha value is -0.0700. The highest BCUT2D eigenvalue weighted by molar-refractivity contribution is 5.02. The van der Waals surface area contributed by atoms with E-state index in [0.717, 1.165) is 25.7 Å². The molecule has 1 aliphatic carbocycles. The van der Waals surface area contributed by atoms with E-state index in [2.05, 4.69) is 20.8 Å². The van der Waals surface area contributed by atoms with Crippen LogP contribution in [0.25, 0.3) is 0 Å². The van der Waals surface area contributed by atoms with Crippen LogP contribution in [-0.4, -0.2) is 5.67 Å². The molecule has 0 bridgehead atoms. The molecule has 0 aromatic rings. The van der Waals surface area contributed by atoms with Gasteiger partial charge in [-0.15, -0.1) is 0 Å². The lowest BCUT2D eigenvalue weighted by Gasteiger charge is -2.27. The highest BCUT2D eigenvalue weighted by Gasteiger charge is 2.37. The summed E-state index contributed by atoms with van der Waals surface area (Å²) < 4.78 is 13.8. The number of hydrogen-bond donors (Lipinski definition) is 0. The van der Waals surface area contributed by atoms with Crippen LogP contribution in [0.4, 0.5) is 4.39 Å². The minimum atomic E-state index is -0.946. The lowest BCUT2D eigenvalue weighted by molar-refractivity contribution is 0.179. The summed E-state index contributed by atoms with van der Waals surface area (Å²) in [5.74, 6) is 0. The van der Waals surface area contributed by atoms with E-state index >= 15 is 0 Å². The maximum atomic E-state index is 13.8. The molecule has 0 unspecified atom stereocenters. The molecule has 1 radical (unpaired) electrons. The molecule has 0 nitrogen and oxygen atoms in total. The van der Waals surface area contributed by atoms with Crippen LogP contribution in [0.2, 0.25) is 0 Å². The van der Waals surface area contributed by atoms with Crippen molar-refractivity contribution in [2.24, 2.45) is 5.41 Å². The first-order valence-corrected chi connectivity index (χ1v) is 4.47. The number of alkyl halides is 1. The summed E-state index contributed by atoms with van der Waals surface area (Å²) in [5.41, 5.74) is -0.919. The Bertz CT molecular complexity index is 126. The molecule has 1 aliphatic rings. The summed E-state index contributed by atoms with van der Waals surface area (Å²) in [7, 11) is 0. The molecule has 0 N–H and O–H groups in total. The molecule has 1 saturated carbocycles. The molecule has 0 atom stereocenters. The van der Waals surface area contributed by atoms with Crippen LogP contribution in [0.1, 0.15) is 46.5 Å². The fourth-order valence-electron chi connectivity index (χ4n) is 1.88. The van der Waals surface area contributed by atoms with Gasteiger partial charge < -0.3 is 0 Å². The number of halogens is 1. The van der Waals surface area contributed by atoms with Gasteiger partial charge in [-0.1, -0.05) is 33.6 Å². The van der Waals surface area contributed by atoms with Gasteiger partial charge in [0.15, 0.2) is 0 Å². The van der Waals surface area contributed by atoms with Crippen molar-refractivity contribution in [2.75, 3.05) is 0 Å². The normalized spacial score (nSPS) is 24.0. The second kappa shape index (κ2) is 2.76. The minimum absolute atomic E-state index is 0.0269. The molecular weight excluding hydrogens is 139 g/mol. The fourth-order valence-corrected chi connectivity index (χ4v) is 1.88. The molecule has 0 aromatic carbocycles. The van der Waals surface area contributed by atoms with Crippen molar-refractivity contribution in [3.8, 4) is 0 Å². The predicted octanol–water partition coefficient (Wildman–Crippen LogP) is 3.52. The van der Waals surface area contributed by atoms with Gasteiger partial charge in [0.05, 0.1) is 0 Å². The number of rotatable bonds is 1. The van der Waals surface area contributed by atoms with Crippen molar-refractivity contribution in [3.05, 3.63) is 6.42 Å². The molecule has 1 heteroatoms. The van der Waals surface area contributed by atoms with E-state index in [1.54, 1.807) is 0 Å². The van der Waals surface area contributed by atoms with E-state index in [1.807, 2.05) is 6.42 Å². The Morgan fingerprint density at radius 2 is 1.64 bits per heavy atom. The Labute approximate surface area is 69.2 Å². The summed E-state index contributed by atoms with van der Waals surface area (Å²) >= 11 is 0. The Morgan fingerprint density at radius 1 is 1.18 bits per heavy atom. The monoisotopic (exact) mass is 157 g/mol. The van der Waals surface area contributed by atoms with E-state index in [-0.39, 0.29) is 5.41 Å². The Balaban J connectivity index is 2.46. The van der Waals surface area contributed by atoms with Crippen molar-refractivity contribution >= 4 is 0 Å². The third-order valence-corrected chi connectivity index (χ3v) is 2.13. The zero-order valence-corrected chi connectivity index (χ0v) is 7.78. The second-order valence-corrected chi connectivity index (χ2v) is 4.75. The average Bonchev–Trinajstić information content (AvgIpc) is 2.09. The Kier molecular flexibility index (Phi) is 2.27. The maximum Gasteiger partial charge on any atom is 0.114 e. The topological polar surface area (TPSA) is 0 Å². The first kappa shape index (κ1) is 9.02. The molecule has 0 saturated heterocycles. The smallest absolute Gasteiger partial charge is 0.114 e. The quantitative estimate of drug-likeness (QED) is 0.546. The van der Waals surface area contributed by atoms with Gasteiger partial charge in [0.2, 0.25) is 0 Å². The molecule has 0 spiro atoms. The highest BCUT2D eigenvalue weighted by atomic mass is 19.1. The fraction of sp³-hybridized carbons (Fsp3) is 0.900. The molecule has 1 fully saturated rings. The van der Waals surface area contributed by atoms with Crippen molar-refractivity contribution in [1.29, 1.82) is 0 Å². The summed E-state index contributed by atoms with van der Waals surface area (Å²) in [4.78, 5) is 0. The van der Waals surface area contributed by atoms with Crippen molar-refractivity contribution < 1.29 is 4.39 Å². The van der Waals surface area contributed by atoms with Crippen molar-refractivity contribution in [1.82, 2.24) is 0 Å². The molecular formula is C10H18F. The molecule has 0 aliphatic heterocycles. The molecule has 65 valence electrons. The van der Waals surface area contributed by atoms with Crippen LogP contribution in [0.3, 0.4) is 0 Å². The van der Waals surface area contributed by atoms with Crippen LogP contribution in [0.5, 0.6) is 0 Å². The van der Waals surface area contributed by atoms with E-state index in [4.69, 9.17) is 0 Å². The summed E-state index contributed by atoms with van der Waals surface area (Å²) in [6.45, 7) is 6.19. The van der Waals surface area contributed by atoms with Gasteiger partial charge in [0.25, 0.3) is 0 Å². The third kappa shape index (κ3) is 2.80. The molecule has 0 aromatic heterocycles. The zero-order valence-electron chi connectivity index (χ0n) is 7.78. The van der Waals surface area contributed by atoms with Gasteiger partial charge in [0.1, 0.15) is 5.67 Å². The van der Waals surface area contributed by atoms with Crippen LogP contribution in [0, 0.1) is 11.8 Å². The first-order valence-electron chi connectivity index (χ1n) is 4.47. The van der Waals surface area contributed by atoms with E-state index in [1.165, 1.54) is 0 Å². The lowest BCUT2D eigenvalue weighted by atomic mass is 9.82. The predicted molar refractivity (Wildman–Crippen MR) is 46.1 cm³/mol. The Morgan fingerprint density at radius 3 is 2.00 bits per heavy atom. The van der Waals surface area contributed by atoms with Crippen molar-refractivity contribution in [2.45, 2.75) is 52.1 Å². The number of hydrogen-bond acceptors (Lipinski definition) is 0. The van der Waals surface area contributed by atoms with Crippen LogP contribution >= 0.6 is 0 Å². The van der Waals surface area contributed by atoms with Crippen LogP contribution < -0.4 is 0 Å². The summed E-state index contributed by atoms with van der Waals surface area (Å²) in [6.07, 6.45) is 5.48.